The summed E-state index contributed by atoms with van der Waals surface area (Å²) in [5.41, 5.74) is 7.52. The SMILES string of the molecule is Nc1nc2c(F)cccc2n1-c1ccc(Cl)c(Br)c1. The van der Waals surface area contributed by atoms with Crippen molar-refractivity contribution in [3.05, 3.63) is 51.7 Å². The molecule has 0 unspecified atom stereocenters. The summed E-state index contributed by atoms with van der Waals surface area (Å²) >= 11 is 9.32. The maximum absolute atomic E-state index is 13.7. The molecule has 1 heterocycles. The number of nitrogen functional groups attached to an aromatic ring is 1. The topological polar surface area (TPSA) is 43.8 Å². The lowest BCUT2D eigenvalue weighted by Gasteiger charge is -2.07. The Bertz CT molecular complexity index is 785. The molecule has 0 aliphatic heterocycles. The van der Waals surface area contributed by atoms with Gasteiger partial charge in [-0.25, -0.2) is 9.37 Å². The number of halogens is 3. The van der Waals surface area contributed by atoms with E-state index in [0.29, 0.717) is 10.5 Å². The second-order valence-corrected chi connectivity index (χ2v) is 5.27. The molecule has 0 saturated carbocycles. The molecule has 1 aromatic heterocycles. The minimum atomic E-state index is -0.393. The van der Waals surface area contributed by atoms with Crippen LogP contribution < -0.4 is 5.73 Å². The van der Waals surface area contributed by atoms with Crippen molar-refractivity contribution in [2.24, 2.45) is 0 Å². The average molecular weight is 341 g/mol. The number of fused-ring (bicyclic) bond motifs is 1. The fraction of sp³-hybridized carbons (Fsp3) is 0. The van der Waals surface area contributed by atoms with Crippen LogP contribution in [0.2, 0.25) is 5.02 Å². The third-order valence-corrected chi connectivity index (χ3v) is 4.04. The Morgan fingerprint density at radius 2 is 2.05 bits per heavy atom. The molecule has 2 N–H and O–H groups in total. The van der Waals surface area contributed by atoms with Gasteiger partial charge in [-0.2, -0.15) is 0 Å². The van der Waals surface area contributed by atoms with E-state index in [1.54, 1.807) is 28.8 Å². The van der Waals surface area contributed by atoms with Crippen LogP contribution in [0.25, 0.3) is 16.7 Å². The minimum Gasteiger partial charge on any atom is -0.369 e. The number of nitrogens with zero attached hydrogens (tertiary/aromatic N) is 2. The van der Waals surface area contributed by atoms with Crippen molar-refractivity contribution in [1.82, 2.24) is 9.55 Å². The van der Waals surface area contributed by atoms with E-state index in [0.717, 1.165) is 10.2 Å². The van der Waals surface area contributed by atoms with Crippen molar-refractivity contribution in [1.29, 1.82) is 0 Å². The number of nitrogens with two attached hydrogens (primary N) is 1. The van der Waals surface area contributed by atoms with Gasteiger partial charge in [0.25, 0.3) is 0 Å². The van der Waals surface area contributed by atoms with E-state index in [1.165, 1.54) is 6.07 Å². The lowest BCUT2D eigenvalue weighted by Crippen LogP contribution is -2.00. The highest BCUT2D eigenvalue weighted by Crippen LogP contribution is 2.29. The van der Waals surface area contributed by atoms with Gasteiger partial charge in [0, 0.05) is 4.47 Å². The number of aromatic nitrogens is 2. The Balaban J connectivity index is 2.33. The molecule has 3 nitrogen and oxygen atoms in total. The molecular weight excluding hydrogens is 333 g/mol. The molecule has 2 aromatic carbocycles. The predicted octanol–water partition coefficient (Wildman–Crippen LogP) is 4.16. The number of imidazole rings is 1. The Hall–Kier alpha value is -1.59. The van der Waals surface area contributed by atoms with Crippen molar-refractivity contribution >= 4 is 44.5 Å². The van der Waals surface area contributed by atoms with Crippen LogP contribution >= 0.6 is 27.5 Å². The van der Waals surface area contributed by atoms with Crippen LogP contribution in [-0.4, -0.2) is 9.55 Å². The molecule has 96 valence electrons. The van der Waals surface area contributed by atoms with Gasteiger partial charge in [-0.15, -0.1) is 0 Å². The lowest BCUT2D eigenvalue weighted by molar-refractivity contribution is 0.637. The molecule has 0 fully saturated rings. The number of benzene rings is 2. The number of rotatable bonds is 1. The molecule has 0 bridgehead atoms. The highest BCUT2D eigenvalue weighted by molar-refractivity contribution is 9.10. The molecule has 0 aliphatic carbocycles. The summed E-state index contributed by atoms with van der Waals surface area (Å²) in [6.45, 7) is 0. The molecule has 3 rings (SSSR count). The molecule has 0 atom stereocenters. The Kier molecular flexibility index (Phi) is 2.95. The largest absolute Gasteiger partial charge is 0.369 e. The Labute approximate surface area is 121 Å². The average Bonchev–Trinajstić information content (AvgIpc) is 2.71. The molecular formula is C13H8BrClFN3. The van der Waals surface area contributed by atoms with E-state index >= 15 is 0 Å². The molecule has 0 spiro atoms. The summed E-state index contributed by atoms with van der Waals surface area (Å²) in [6, 6.07) is 10.1. The minimum absolute atomic E-state index is 0.231. The third kappa shape index (κ3) is 1.99. The normalized spacial score (nSPS) is 11.1. The third-order valence-electron chi connectivity index (χ3n) is 2.82. The summed E-state index contributed by atoms with van der Waals surface area (Å²) in [6.07, 6.45) is 0. The zero-order valence-corrected chi connectivity index (χ0v) is 11.9. The van der Waals surface area contributed by atoms with Crippen LogP contribution in [0.4, 0.5) is 10.3 Å². The van der Waals surface area contributed by atoms with Crippen LogP contribution in [0.1, 0.15) is 0 Å². The van der Waals surface area contributed by atoms with Crippen molar-refractivity contribution in [2.75, 3.05) is 5.73 Å². The van der Waals surface area contributed by atoms with Crippen molar-refractivity contribution in [3.63, 3.8) is 0 Å². The molecule has 6 heteroatoms. The summed E-state index contributed by atoms with van der Waals surface area (Å²) in [5, 5.41) is 0.595. The van der Waals surface area contributed by atoms with E-state index in [4.69, 9.17) is 17.3 Å². The number of anilines is 1. The van der Waals surface area contributed by atoms with Crippen LogP contribution in [0.3, 0.4) is 0 Å². The number of hydrogen-bond donors (Lipinski definition) is 1. The molecule has 0 amide bonds. The van der Waals surface area contributed by atoms with Crippen molar-refractivity contribution < 1.29 is 4.39 Å². The van der Waals surface area contributed by atoms with Gasteiger partial charge < -0.3 is 5.73 Å². The van der Waals surface area contributed by atoms with E-state index in [2.05, 4.69) is 20.9 Å². The smallest absolute Gasteiger partial charge is 0.206 e. The Morgan fingerprint density at radius 1 is 1.26 bits per heavy atom. The molecule has 3 aromatic rings. The van der Waals surface area contributed by atoms with E-state index in [1.807, 2.05) is 6.07 Å². The summed E-state index contributed by atoms with van der Waals surface area (Å²) in [5.74, 6) is -0.162. The van der Waals surface area contributed by atoms with Crippen LogP contribution in [-0.2, 0) is 0 Å². The van der Waals surface area contributed by atoms with E-state index < -0.39 is 5.82 Å². The summed E-state index contributed by atoms with van der Waals surface area (Å²) < 4.78 is 16.1. The van der Waals surface area contributed by atoms with E-state index in [-0.39, 0.29) is 11.5 Å². The first-order chi connectivity index (χ1) is 9.08. The van der Waals surface area contributed by atoms with Gasteiger partial charge >= 0.3 is 0 Å². The van der Waals surface area contributed by atoms with Crippen molar-refractivity contribution in [2.45, 2.75) is 0 Å². The summed E-state index contributed by atoms with van der Waals surface area (Å²) in [4.78, 5) is 4.06. The van der Waals surface area contributed by atoms with Gasteiger partial charge in [-0.3, -0.25) is 4.57 Å². The molecule has 19 heavy (non-hydrogen) atoms. The monoisotopic (exact) mass is 339 g/mol. The maximum Gasteiger partial charge on any atom is 0.206 e. The van der Waals surface area contributed by atoms with Crippen LogP contribution in [0.5, 0.6) is 0 Å². The quantitative estimate of drug-likeness (QED) is 0.723. The highest BCUT2D eigenvalue weighted by Gasteiger charge is 2.13. The van der Waals surface area contributed by atoms with Crippen LogP contribution in [0, 0.1) is 5.82 Å². The van der Waals surface area contributed by atoms with Crippen LogP contribution in [0.15, 0.2) is 40.9 Å². The summed E-state index contributed by atoms with van der Waals surface area (Å²) in [7, 11) is 0. The first-order valence-electron chi connectivity index (χ1n) is 5.46. The molecule has 0 radical (unpaired) electrons. The van der Waals surface area contributed by atoms with Gasteiger partial charge in [0.1, 0.15) is 5.52 Å². The molecule has 0 saturated heterocycles. The fourth-order valence-corrected chi connectivity index (χ4v) is 2.46. The maximum atomic E-state index is 13.7. The fourth-order valence-electron chi connectivity index (χ4n) is 1.98. The number of hydrogen-bond acceptors (Lipinski definition) is 2. The van der Waals surface area contributed by atoms with Gasteiger partial charge in [-0.1, -0.05) is 17.7 Å². The van der Waals surface area contributed by atoms with Gasteiger partial charge in [0.2, 0.25) is 5.95 Å². The predicted molar refractivity (Wildman–Crippen MR) is 78.2 cm³/mol. The Morgan fingerprint density at radius 3 is 2.79 bits per heavy atom. The second-order valence-electron chi connectivity index (χ2n) is 4.01. The van der Waals surface area contributed by atoms with Gasteiger partial charge in [-0.05, 0) is 46.3 Å². The van der Waals surface area contributed by atoms with E-state index in [9.17, 15) is 4.39 Å². The van der Waals surface area contributed by atoms with Gasteiger partial charge in [0.05, 0.1) is 16.2 Å². The molecule has 0 aliphatic rings. The number of para-hydroxylation sites is 1. The zero-order chi connectivity index (χ0) is 13.6. The van der Waals surface area contributed by atoms with Gasteiger partial charge in [0.15, 0.2) is 5.82 Å². The highest BCUT2D eigenvalue weighted by atomic mass is 79.9. The lowest BCUT2D eigenvalue weighted by atomic mass is 10.2. The standard InChI is InChI=1S/C13H8BrClFN3/c14-8-6-7(4-5-9(8)15)19-11-3-1-2-10(16)12(11)18-13(19)17/h1-6H,(H2,17,18). The first kappa shape index (κ1) is 12.4. The van der Waals surface area contributed by atoms with Crippen molar-refractivity contribution in [3.8, 4) is 5.69 Å². The first-order valence-corrected chi connectivity index (χ1v) is 6.63. The second kappa shape index (κ2) is 4.51. The zero-order valence-electron chi connectivity index (χ0n) is 9.57.